The Labute approximate surface area is 118 Å². The van der Waals surface area contributed by atoms with E-state index in [4.69, 9.17) is 0 Å². The molecule has 0 saturated carbocycles. The third-order valence-corrected chi connectivity index (χ3v) is 3.58. The molecule has 4 nitrogen and oxygen atoms in total. The Bertz CT molecular complexity index is 724. The van der Waals surface area contributed by atoms with Gasteiger partial charge in [-0.25, -0.2) is 4.98 Å². The molecule has 0 saturated heterocycles. The summed E-state index contributed by atoms with van der Waals surface area (Å²) in [5.74, 6) is -1.62. The molecule has 2 heterocycles. The molecule has 0 spiro atoms. The number of rotatable bonds is 1. The van der Waals surface area contributed by atoms with Gasteiger partial charge in [-0.1, -0.05) is 6.07 Å². The van der Waals surface area contributed by atoms with Crippen molar-refractivity contribution in [2.75, 3.05) is 0 Å². The molecule has 2 aromatic heterocycles. The highest BCUT2D eigenvalue weighted by Crippen LogP contribution is 2.34. The Balaban J connectivity index is 2.10. The van der Waals surface area contributed by atoms with Crippen molar-refractivity contribution in [3.8, 4) is 0 Å². The lowest BCUT2D eigenvalue weighted by molar-refractivity contribution is -0.145. The normalized spacial score (nSPS) is 18.3. The maximum atomic E-state index is 12.8. The van der Waals surface area contributed by atoms with Crippen LogP contribution in [-0.4, -0.2) is 15.0 Å². The Morgan fingerprint density at radius 2 is 2.14 bits per heavy atom. The second kappa shape index (κ2) is 4.98. The van der Waals surface area contributed by atoms with E-state index in [1.54, 1.807) is 17.2 Å². The summed E-state index contributed by atoms with van der Waals surface area (Å²) in [5.41, 5.74) is 1.06. The summed E-state index contributed by atoms with van der Waals surface area (Å²) < 4.78 is 38.3. The lowest BCUT2D eigenvalue weighted by Crippen LogP contribution is -2.23. The number of halogens is 3. The van der Waals surface area contributed by atoms with Gasteiger partial charge in [-0.15, -0.1) is 0 Å². The van der Waals surface area contributed by atoms with Gasteiger partial charge in [-0.05, 0) is 30.9 Å². The average molecular weight is 295 g/mol. The number of H-pyrrole nitrogens is 1. The lowest BCUT2D eigenvalue weighted by atomic mass is 9.84. The van der Waals surface area contributed by atoms with E-state index in [2.05, 4.69) is 9.97 Å². The van der Waals surface area contributed by atoms with Gasteiger partial charge in [0, 0.05) is 18.2 Å². The summed E-state index contributed by atoms with van der Waals surface area (Å²) in [6, 6.07) is 4.84. The van der Waals surface area contributed by atoms with Crippen molar-refractivity contribution in [3.05, 3.63) is 57.5 Å². The predicted molar refractivity (Wildman–Crippen MR) is 68.9 cm³/mol. The van der Waals surface area contributed by atoms with Gasteiger partial charge in [-0.2, -0.15) is 13.2 Å². The smallest absolute Gasteiger partial charge is 0.303 e. The number of aryl methyl sites for hydroxylation is 1. The van der Waals surface area contributed by atoms with Crippen LogP contribution in [-0.2, 0) is 12.6 Å². The van der Waals surface area contributed by atoms with Gasteiger partial charge in [-0.3, -0.25) is 9.78 Å². The standard InChI is InChI=1S/C14H12F3N3O/c15-14(16,17)13-19-10(7-11(21)20-13)9-5-1-3-8-4-2-6-18-12(8)9/h2,4,6-7,9H,1,3,5H2,(H,19,20,21). The second-order valence-electron chi connectivity index (χ2n) is 5.01. The molecule has 0 bridgehead atoms. The van der Waals surface area contributed by atoms with E-state index in [9.17, 15) is 18.0 Å². The zero-order valence-corrected chi connectivity index (χ0v) is 10.9. The molecule has 7 heteroatoms. The molecule has 0 fully saturated rings. The number of nitrogens with zero attached hydrogens (tertiary/aromatic N) is 2. The molecule has 0 aromatic carbocycles. The highest BCUT2D eigenvalue weighted by Gasteiger charge is 2.35. The topological polar surface area (TPSA) is 58.6 Å². The molecule has 0 amide bonds. The van der Waals surface area contributed by atoms with Crippen molar-refractivity contribution >= 4 is 0 Å². The van der Waals surface area contributed by atoms with Crippen LogP contribution >= 0.6 is 0 Å². The minimum atomic E-state index is -4.67. The molecule has 1 N–H and O–H groups in total. The molecule has 0 radical (unpaired) electrons. The molecule has 21 heavy (non-hydrogen) atoms. The van der Waals surface area contributed by atoms with Crippen LogP contribution in [0.25, 0.3) is 0 Å². The zero-order valence-electron chi connectivity index (χ0n) is 10.9. The first-order chi connectivity index (χ1) is 9.95. The predicted octanol–water partition coefficient (Wildman–Crippen LogP) is 2.65. The van der Waals surface area contributed by atoms with Gasteiger partial charge in [0.15, 0.2) is 0 Å². The van der Waals surface area contributed by atoms with E-state index in [1.165, 1.54) is 0 Å². The minimum absolute atomic E-state index is 0.130. The van der Waals surface area contributed by atoms with Crippen molar-refractivity contribution in [2.24, 2.45) is 0 Å². The first-order valence-corrected chi connectivity index (χ1v) is 6.57. The van der Waals surface area contributed by atoms with Crippen LogP contribution in [0.5, 0.6) is 0 Å². The van der Waals surface area contributed by atoms with Gasteiger partial charge >= 0.3 is 6.18 Å². The van der Waals surface area contributed by atoms with Gasteiger partial charge in [0.25, 0.3) is 5.56 Å². The van der Waals surface area contributed by atoms with E-state index in [0.717, 1.165) is 30.2 Å². The highest BCUT2D eigenvalue weighted by atomic mass is 19.4. The maximum absolute atomic E-state index is 12.8. The number of aromatic nitrogens is 3. The van der Waals surface area contributed by atoms with Crippen molar-refractivity contribution in [1.82, 2.24) is 15.0 Å². The third-order valence-electron chi connectivity index (χ3n) is 3.58. The molecule has 0 aliphatic heterocycles. The number of nitrogens with one attached hydrogen (secondary N) is 1. The van der Waals surface area contributed by atoms with Crippen LogP contribution in [0.3, 0.4) is 0 Å². The van der Waals surface area contributed by atoms with Crippen LogP contribution in [0.2, 0.25) is 0 Å². The zero-order chi connectivity index (χ0) is 15.0. The molecule has 1 aliphatic rings. The third kappa shape index (κ3) is 2.68. The molecule has 110 valence electrons. The largest absolute Gasteiger partial charge is 0.449 e. The van der Waals surface area contributed by atoms with Gasteiger partial charge in [0.1, 0.15) is 0 Å². The summed E-state index contributed by atoms with van der Waals surface area (Å²) in [4.78, 5) is 21.1. The number of fused-ring (bicyclic) bond motifs is 1. The molecule has 2 aromatic rings. The van der Waals surface area contributed by atoms with E-state index >= 15 is 0 Å². The van der Waals surface area contributed by atoms with Crippen LogP contribution < -0.4 is 5.56 Å². The molecule has 1 aliphatic carbocycles. The first kappa shape index (κ1) is 13.8. The van der Waals surface area contributed by atoms with Crippen molar-refractivity contribution < 1.29 is 13.2 Å². The van der Waals surface area contributed by atoms with Crippen LogP contribution in [0, 0.1) is 0 Å². The van der Waals surface area contributed by atoms with Crippen LogP contribution in [0.1, 0.15) is 41.5 Å². The monoisotopic (exact) mass is 295 g/mol. The Morgan fingerprint density at radius 3 is 2.90 bits per heavy atom. The van der Waals surface area contributed by atoms with E-state index in [-0.39, 0.29) is 11.6 Å². The van der Waals surface area contributed by atoms with Crippen molar-refractivity contribution in [2.45, 2.75) is 31.4 Å². The fraction of sp³-hybridized carbons (Fsp3) is 0.357. The van der Waals surface area contributed by atoms with Gasteiger partial charge in [0.2, 0.25) is 5.82 Å². The average Bonchev–Trinajstić information content (AvgIpc) is 2.45. The van der Waals surface area contributed by atoms with Crippen molar-refractivity contribution in [3.63, 3.8) is 0 Å². The summed E-state index contributed by atoms with van der Waals surface area (Å²) in [6.45, 7) is 0. The van der Waals surface area contributed by atoms with E-state index in [0.29, 0.717) is 6.42 Å². The summed E-state index contributed by atoms with van der Waals surface area (Å²) >= 11 is 0. The Hall–Kier alpha value is -2.18. The summed E-state index contributed by atoms with van der Waals surface area (Å²) in [7, 11) is 0. The fourth-order valence-electron chi connectivity index (χ4n) is 2.69. The number of hydrogen-bond acceptors (Lipinski definition) is 3. The number of aromatic amines is 1. The van der Waals surface area contributed by atoms with E-state index in [1.807, 2.05) is 6.07 Å². The Kier molecular flexibility index (Phi) is 3.27. The molecular weight excluding hydrogens is 283 g/mol. The summed E-state index contributed by atoms with van der Waals surface area (Å²) in [6.07, 6.45) is -0.752. The lowest BCUT2D eigenvalue weighted by Gasteiger charge is -2.24. The molecule has 1 atom stereocenters. The SMILES string of the molecule is O=c1cc(C2CCCc3cccnc32)nc(C(F)(F)F)[nH]1. The number of hydrogen-bond donors (Lipinski definition) is 1. The first-order valence-electron chi connectivity index (χ1n) is 6.57. The Morgan fingerprint density at radius 1 is 1.33 bits per heavy atom. The second-order valence-corrected chi connectivity index (χ2v) is 5.01. The molecule has 1 unspecified atom stereocenters. The van der Waals surface area contributed by atoms with Crippen molar-refractivity contribution in [1.29, 1.82) is 0 Å². The van der Waals surface area contributed by atoms with Crippen LogP contribution in [0.4, 0.5) is 13.2 Å². The molecular formula is C14H12F3N3O. The number of alkyl halides is 3. The van der Waals surface area contributed by atoms with Gasteiger partial charge < -0.3 is 4.98 Å². The summed E-state index contributed by atoms with van der Waals surface area (Å²) in [5, 5.41) is 0. The maximum Gasteiger partial charge on any atom is 0.449 e. The number of pyridine rings is 1. The highest BCUT2D eigenvalue weighted by molar-refractivity contribution is 5.32. The van der Waals surface area contributed by atoms with Crippen LogP contribution in [0.15, 0.2) is 29.2 Å². The molecule has 3 rings (SSSR count). The minimum Gasteiger partial charge on any atom is -0.303 e. The fourth-order valence-corrected chi connectivity index (χ4v) is 2.69. The quantitative estimate of drug-likeness (QED) is 0.880. The van der Waals surface area contributed by atoms with Gasteiger partial charge in [0.05, 0.1) is 11.4 Å². The van der Waals surface area contributed by atoms with E-state index < -0.39 is 17.6 Å².